The lowest BCUT2D eigenvalue weighted by molar-refractivity contribution is 0.414. The zero-order chi connectivity index (χ0) is 15.5. The summed E-state index contributed by atoms with van der Waals surface area (Å²) in [7, 11) is 1.50. The number of aromatic nitrogens is 5. The summed E-state index contributed by atoms with van der Waals surface area (Å²) in [5.74, 6) is 0.316. The van der Waals surface area contributed by atoms with Gasteiger partial charge in [-0.1, -0.05) is 0 Å². The van der Waals surface area contributed by atoms with Crippen molar-refractivity contribution in [3.63, 3.8) is 0 Å². The highest BCUT2D eigenvalue weighted by Crippen LogP contribution is 2.19. The first kappa shape index (κ1) is 13.6. The van der Waals surface area contributed by atoms with Gasteiger partial charge in [-0.25, -0.2) is 9.37 Å². The van der Waals surface area contributed by atoms with E-state index in [0.29, 0.717) is 22.7 Å². The largest absolute Gasteiger partial charge is 0.497 e. The average Bonchev–Trinajstić information content (AvgIpc) is 3.05. The lowest BCUT2D eigenvalue weighted by Gasteiger charge is -2.03. The molecule has 0 aliphatic carbocycles. The van der Waals surface area contributed by atoms with Crippen LogP contribution in [0.1, 0.15) is 5.56 Å². The Balaban J connectivity index is 2.00. The molecule has 0 aliphatic heterocycles. The summed E-state index contributed by atoms with van der Waals surface area (Å²) in [5.41, 5.74) is 1.33. The van der Waals surface area contributed by atoms with Crippen LogP contribution >= 0.6 is 0 Å². The summed E-state index contributed by atoms with van der Waals surface area (Å²) in [4.78, 5) is 5.15. The molecule has 3 rings (SSSR count). The van der Waals surface area contributed by atoms with Crippen molar-refractivity contribution in [3.8, 4) is 29.0 Å². The molecule has 0 amide bonds. The Morgan fingerprint density at radius 1 is 1.27 bits per heavy atom. The molecule has 0 bridgehead atoms. The number of hydrogen-bond donors (Lipinski definition) is 0. The quantitative estimate of drug-likeness (QED) is 0.731. The van der Waals surface area contributed by atoms with Crippen LogP contribution in [0.5, 0.6) is 5.75 Å². The Hall–Kier alpha value is -3.34. The zero-order valence-electron chi connectivity index (χ0n) is 11.4. The summed E-state index contributed by atoms with van der Waals surface area (Å²) in [5, 5.41) is 21.0. The Labute approximate surface area is 124 Å². The van der Waals surface area contributed by atoms with Crippen LogP contribution < -0.4 is 4.74 Å². The fourth-order valence-corrected chi connectivity index (χ4v) is 1.82. The summed E-state index contributed by atoms with van der Waals surface area (Å²) < 4.78 is 18.0. The van der Waals surface area contributed by atoms with Crippen LogP contribution in [0.3, 0.4) is 0 Å². The topological polar surface area (TPSA) is 89.5 Å². The lowest BCUT2D eigenvalue weighted by atomic mass is 10.2. The molecule has 2 heterocycles. The van der Waals surface area contributed by atoms with E-state index in [-0.39, 0.29) is 5.82 Å². The van der Waals surface area contributed by atoms with Gasteiger partial charge in [0, 0.05) is 6.07 Å². The van der Waals surface area contributed by atoms with Crippen molar-refractivity contribution in [3.05, 3.63) is 47.9 Å². The molecule has 0 saturated heterocycles. The monoisotopic (exact) mass is 296 g/mol. The van der Waals surface area contributed by atoms with E-state index >= 15 is 0 Å². The van der Waals surface area contributed by atoms with Crippen LogP contribution in [0.4, 0.5) is 4.39 Å². The number of benzene rings is 1. The molecule has 7 nitrogen and oxygen atoms in total. The second-order valence-corrected chi connectivity index (χ2v) is 4.30. The molecule has 0 fully saturated rings. The predicted octanol–water partition coefficient (Wildman–Crippen LogP) is 1.74. The standard InChI is InChI=1S/C14H9FN6O/c1-22-12-5-9(7-16)4-11(6-12)21-19-14(18-20-21)13-3-2-10(15)8-17-13/h2-6,8H,1H3. The third kappa shape index (κ3) is 2.60. The van der Waals surface area contributed by atoms with E-state index < -0.39 is 5.82 Å². The first-order valence-corrected chi connectivity index (χ1v) is 6.21. The van der Waals surface area contributed by atoms with Crippen molar-refractivity contribution < 1.29 is 9.13 Å². The van der Waals surface area contributed by atoms with Crippen molar-refractivity contribution in [1.29, 1.82) is 5.26 Å². The second-order valence-electron chi connectivity index (χ2n) is 4.30. The van der Waals surface area contributed by atoms with Gasteiger partial charge in [0.05, 0.1) is 30.6 Å². The van der Waals surface area contributed by atoms with Crippen LogP contribution in [0.25, 0.3) is 17.2 Å². The Morgan fingerprint density at radius 2 is 2.14 bits per heavy atom. The number of pyridine rings is 1. The van der Waals surface area contributed by atoms with E-state index in [2.05, 4.69) is 20.4 Å². The van der Waals surface area contributed by atoms with Gasteiger partial charge in [0.1, 0.15) is 17.3 Å². The number of rotatable bonds is 3. The van der Waals surface area contributed by atoms with Crippen LogP contribution in [0.15, 0.2) is 36.5 Å². The van der Waals surface area contributed by atoms with E-state index in [1.165, 1.54) is 24.0 Å². The van der Waals surface area contributed by atoms with Gasteiger partial charge in [-0.3, -0.25) is 0 Å². The molecule has 0 aliphatic rings. The predicted molar refractivity (Wildman–Crippen MR) is 73.6 cm³/mol. The minimum absolute atomic E-state index is 0.251. The summed E-state index contributed by atoms with van der Waals surface area (Å²) in [6, 6.07) is 9.64. The lowest BCUT2D eigenvalue weighted by Crippen LogP contribution is -2.00. The average molecular weight is 296 g/mol. The van der Waals surface area contributed by atoms with E-state index in [1.807, 2.05) is 6.07 Å². The molecular weight excluding hydrogens is 287 g/mol. The van der Waals surface area contributed by atoms with Gasteiger partial charge in [-0.2, -0.15) is 5.26 Å². The van der Waals surface area contributed by atoms with Gasteiger partial charge in [-0.15, -0.1) is 15.0 Å². The number of methoxy groups -OCH3 is 1. The summed E-state index contributed by atoms with van der Waals surface area (Å²) in [6.45, 7) is 0. The molecule has 0 radical (unpaired) electrons. The number of tetrazole rings is 1. The molecule has 1 aromatic carbocycles. The van der Waals surface area contributed by atoms with Gasteiger partial charge < -0.3 is 4.74 Å². The van der Waals surface area contributed by atoms with Crippen LogP contribution in [-0.2, 0) is 0 Å². The maximum absolute atomic E-state index is 12.9. The van der Waals surface area contributed by atoms with E-state index in [4.69, 9.17) is 10.00 Å². The molecule has 0 N–H and O–H groups in total. The fraction of sp³-hybridized carbons (Fsp3) is 0.0714. The number of nitrogens with zero attached hydrogens (tertiary/aromatic N) is 6. The number of nitriles is 1. The smallest absolute Gasteiger partial charge is 0.223 e. The van der Waals surface area contributed by atoms with Gasteiger partial charge >= 0.3 is 0 Å². The maximum atomic E-state index is 12.9. The Morgan fingerprint density at radius 3 is 2.82 bits per heavy atom. The van der Waals surface area contributed by atoms with Gasteiger partial charge in [0.2, 0.25) is 5.82 Å². The Bertz CT molecular complexity index is 853. The summed E-state index contributed by atoms with van der Waals surface area (Å²) >= 11 is 0. The minimum atomic E-state index is -0.442. The number of ether oxygens (including phenoxy) is 1. The molecule has 22 heavy (non-hydrogen) atoms. The maximum Gasteiger partial charge on any atom is 0.223 e. The molecule has 3 aromatic rings. The molecule has 0 atom stereocenters. The van der Waals surface area contributed by atoms with E-state index in [9.17, 15) is 4.39 Å². The zero-order valence-corrected chi connectivity index (χ0v) is 11.4. The summed E-state index contributed by atoms with van der Waals surface area (Å²) in [6.07, 6.45) is 1.08. The molecular formula is C14H9FN6O. The normalized spacial score (nSPS) is 10.2. The van der Waals surface area contributed by atoms with Gasteiger partial charge in [-0.05, 0) is 29.5 Å². The Kier molecular flexibility index (Phi) is 3.45. The van der Waals surface area contributed by atoms with Crippen LogP contribution in [0, 0.1) is 17.1 Å². The van der Waals surface area contributed by atoms with Crippen molar-refractivity contribution in [2.45, 2.75) is 0 Å². The molecule has 0 saturated carbocycles. The van der Waals surface area contributed by atoms with Crippen molar-refractivity contribution >= 4 is 0 Å². The third-order valence-electron chi connectivity index (χ3n) is 2.86. The highest BCUT2D eigenvalue weighted by atomic mass is 19.1. The van der Waals surface area contributed by atoms with Gasteiger partial charge in [0.15, 0.2) is 0 Å². The van der Waals surface area contributed by atoms with Crippen LogP contribution in [0.2, 0.25) is 0 Å². The first-order valence-electron chi connectivity index (χ1n) is 6.21. The minimum Gasteiger partial charge on any atom is -0.497 e. The highest BCUT2D eigenvalue weighted by Gasteiger charge is 2.10. The molecule has 108 valence electrons. The number of halogens is 1. The third-order valence-corrected chi connectivity index (χ3v) is 2.86. The van der Waals surface area contributed by atoms with Crippen molar-refractivity contribution in [2.75, 3.05) is 7.11 Å². The molecule has 8 heteroatoms. The SMILES string of the molecule is COc1cc(C#N)cc(-n2nnc(-c3ccc(F)cn3)n2)c1. The van der Waals surface area contributed by atoms with Crippen molar-refractivity contribution in [1.82, 2.24) is 25.2 Å². The second kappa shape index (κ2) is 5.57. The van der Waals surface area contributed by atoms with Crippen LogP contribution in [-0.4, -0.2) is 32.3 Å². The molecule has 2 aromatic heterocycles. The highest BCUT2D eigenvalue weighted by molar-refractivity contribution is 5.49. The molecule has 0 spiro atoms. The van der Waals surface area contributed by atoms with E-state index in [0.717, 1.165) is 6.20 Å². The molecule has 0 unspecified atom stereocenters. The first-order chi connectivity index (χ1) is 10.7. The van der Waals surface area contributed by atoms with Crippen molar-refractivity contribution in [2.24, 2.45) is 0 Å². The van der Waals surface area contributed by atoms with Gasteiger partial charge in [0.25, 0.3) is 0 Å². The van der Waals surface area contributed by atoms with E-state index in [1.54, 1.807) is 18.2 Å². The number of hydrogen-bond acceptors (Lipinski definition) is 6. The fourth-order valence-electron chi connectivity index (χ4n) is 1.82.